The SMILES string of the molecule is CC/C=C\C/C=C\C/C=C\C/C=C\C/C=C\C/C=C\C/C=C\C/C=C\C/C=C\CCCCCCCCCCCCCCCC(=O)OC(COC(=O)CCCC/C=C\C/C=C\C/C=C\C/C=C\C/C=C\C/C=C\C/C=C\C/C=C\CC)COC(OCC[N+](C)(C)C)C(=O)[O-]. The lowest BCUT2D eigenvalue weighted by molar-refractivity contribution is -0.870. The van der Waals surface area contributed by atoms with E-state index in [2.05, 4.69) is 220 Å². The van der Waals surface area contributed by atoms with Crippen LogP contribution in [0.2, 0.25) is 0 Å². The van der Waals surface area contributed by atoms with E-state index in [9.17, 15) is 19.5 Å². The van der Waals surface area contributed by atoms with Crippen molar-refractivity contribution in [1.29, 1.82) is 0 Å². The molecule has 0 aliphatic carbocycles. The van der Waals surface area contributed by atoms with E-state index in [1.54, 1.807) is 0 Å². The van der Waals surface area contributed by atoms with Crippen LogP contribution in [0, 0.1) is 0 Å². The lowest BCUT2D eigenvalue weighted by Gasteiger charge is -2.26. The molecule has 0 saturated carbocycles. The lowest BCUT2D eigenvalue weighted by atomic mass is 10.0. The fraction of sp³-hybridized carbons (Fsp3) is 0.560. The summed E-state index contributed by atoms with van der Waals surface area (Å²) < 4.78 is 22.7. The van der Waals surface area contributed by atoms with Crippen molar-refractivity contribution >= 4 is 17.9 Å². The van der Waals surface area contributed by atoms with E-state index >= 15 is 0 Å². The van der Waals surface area contributed by atoms with E-state index in [-0.39, 0.29) is 32.7 Å². The number of carbonyl (C=O) groups excluding carboxylic acids is 3. The summed E-state index contributed by atoms with van der Waals surface area (Å²) in [6.45, 7) is 4.44. The van der Waals surface area contributed by atoms with E-state index in [4.69, 9.17) is 18.9 Å². The molecule has 0 aromatic carbocycles. The van der Waals surface area contributed by atoms with Gasteiger partial charge in [-0.1, -0.05) is 291 Å². The normalized spacial score (nSPS) is 13.9. The Kier molecular flexibility index (Phi) is 67.0. The van der Waals surface area contributed by atoms with Gasteiger partial charge in [0.05, 0.1) is 40.3 Å². The molecule has 0 bridgehead atoms. The minimum Gasteiger partial charge on any atom is -0.545 e. The zero-order valence-corrected chi connectivity index (χ0v) is 59.3. The Hall–Kier alpha value is -6.13. The van der Waals surface area contributed by atoms with Gasteiger partial charge in [-0.3, -0.25) is 9.59 Å². The Labute approximate surface area is 569 Å². The third-order valence-electron chi connectivity index (χ3n) is 14.5. The molecule has 0 radical (unpaired) electrons. The molecule has 0 N–H and O–H groups in total. The van der Waals surface area contributed by atoms with Crippen molar-refractivity contribution in [3.63, 3.8) is 0 Å². The summed E-state index contributed by atoms with van der Waals surface area (Å²) in [5, 5.41) is 11.8. The Balaban J connectivity index is 4.21. The van der Waals surface area contributed by atoms with Gasteiger partial charge in [-0.25, -0.2) is 0 Å². The van der Waals surface area contributed by atoms with Gasteiger partial charge in [0.15, 0.2) is 12.4 Å². The van der Waals surface area contributed by atoms with Crippen LogP contribution in [0.5, 0.6) is 0 Å². The average Bonchev–Trinajstić information content (AvgIpc) is 3.38. The van der Waals surface area contributed by atoms with Gasteiger partial charge < -0.3 is 33.3 Å². The van der Waals surface area contributed by atoms with Crippen LogP contribution >= 0.6 is 0 Å². The molecule has 0 aromatic rings. The minimum atomic E-state index is -1.65. The quantitative estimate of drug-likeness (QED) is 0.0195. The second-order valence-corrected chi connectivity index (χ2v) is 24.4. The lowest BCUT2D eigenvalue weighted by Crippen LogP contribution is -2.44. The number of hydrogen-bond acceptors (Lipinski definition) is 8. The molecule has 0 aliphatic rings. The fourth-order valence-corrected chi connectivity index (χ4v) is 9.07. The molecule has 520 valence electrons. The highest BCUT2D eigenvalue weighted by Crippen LogP contribution is 2.15. The summed E-state index contributed by atoms with van der Waals surface area (Å²) in [4.78, 5) is 37.5. The molecule has 0 spiro atoms. The van der Waals surface area contributed by atoms with Crippen molar-refractivity contribution in [3.05, 3.63) is 207 Å². The molecule has 0 heterocycles. The summed E-state index contributed by atoms with van der Waals surface area (Å²) in [5.41, 5.74) is 0. The number of carbonyl (C=O) groups is 3. The first kappa shape index (κ1) is 86.9. The fourth-order valence-electron chi connectivity index (χ4n) is 9.07. The number of allylic oxidation sites excluding steroid dienone is 34. The maximum atomic E-state index is 12.9. The zero-order chi connectivity index (χ0) is 67.5. The number of esters is 2. The number of unbranched alkanes of at least 4 members (excludes halogenated alkanes) is 15. The smallest absolute Gasteiger partial charge is 0.306 e. The van der Waals surface area contributed by atoms with Crippen molar-refractivity contribution in [2.24, 2.45) is 0 Å². The summed E-state index contributed by atoms with van der Waals surface area (Å²) in [6, 6.07) is 0. The van der Waals surface area contributed by atoms with Crippen LogP contribution in [0.1, 0.15) is 245 Å². The van der Waals surface area contributed by atoms with E-state index < -0.39 is 30.3 Å². The van der Waals surface area contributed by atoms with E-state index in [1.807, 2.05) is 21.1 Å². The van der Waals surface area contributed by atoms with Gasteiger partial charge in [0, 0.05) is 12.8 Å². The highest BCUT2D eigenvalue weighted by atomic mass is 16.7. The molecule has 0 fully saturated rings. The molecule has 0 aliphatic heterocycles. The maximum Gasteiger partial charge on any atom is 0.306 e. The molecular weight excluding hydrogens is 1150 g/mol. The monoisotopic (exact) mass is 1280 g/mol. The Morgan fingerprint density at radius 3 is 0.882 bits per heavy atom. The topological polar surface area (TPSA) is 111 Å². The Morgan fingerprint density at radius 1 is 0.323 bits per heavy atom. The van der Waals surface area contributed by atoms with Crippen molar-refractivity contribution in [2.75, 3.05) is 47.5 Å². The van der Waals surface area contributed by atoms with E-state index in [1.165, 1.54) is 64.2 Å². The summed E-state index contributed by atoms with van der Waals surface area (Å²) in [6.07, 6.45) is 109. The standard InChI is InChI=1S/C84H131NO8/c1-6-8-10-12-14-16-18-20-22-24-26-28-30-32-34-35-36-37-38-39-40-41-42-43-44-45-46-47-49-51-53-55-57-59-61-63-65-67-69-71-73-75-82(87)93-80(79-92-84(83(88)89)90-77-76-85(3,4)5)78-91-81(86)74-72-70-68-66-64-62-60-58-56-54-52-50-48-33-31-29-27-25-23-21-19-17-15-13-11-9-7-2/h8-11,14-17,20-23,26-29,32-34,36-37,39-40,42-43,45-46,48,52,54,58,60,64,66,80,84H,6-7,12-13,18-19,24-25,30-31,35,38,41,44,47,49-51,53,55-57,59,61-63,65,67-79H2,1-5H3/b10-8-,11-9-,16-14-,17-15-,22-20-,23-21-,28-26-,29-27-,34-32-,37-36-,40-39-,43-42-,46-45-,48-33-,54-52-,60-58-,66-64-. The van der Waals surface area contributed by atoms with Crippen LogP contribution in [0.25, 0.3) is 0 Å². The molecule has 0 saturated heterocycles. The summed E-state index contributed by atoms with van der Waals surface area (Å²) in [7, 11) is 5.90. The van der Waals surface area contributed by atoms with Gasteiger partial charge >= 0.3 is 11.9 Å². The molecule has 2 atom stereocenters. The van der Waals surface area contributed by atoms with Gasteiger partial charge in [-0.15, -0.1) is 0 Å². The molecule has 93 heavy (non-hydrogen) atoms. The Morgan fingerprint density at radius 2 is 0.581 bits per heavy atom. The van der Waals surface area contributed by atoms with E-state index in [0.717, 1.165) is 141 Å². The van der Waals surface area contributed by atoms with Crippen LogP contribution in [0.3, 0.4) is 0 Å². The molecule has 9 nitrogen and oxygen atoms in total. The van der Waals surface area contributed by atoms with Gasteiger partial charge in [0.2, 0.25) is 0 Å². The van der Waals surface area contributed by atoms with Crippen molar-refractivity contribution in [2.45, 2.75) is 257 Å². The van der Waals surface area contributed by atoms with E-state index in [0.29, 0.717) is 23.9 Å². The Bertz CT molecular complexity index is 2280. The number of quaternary nitrogens is 1. The highest BCUT2D eigenvalue weighted by Gasteiger charge is 2.22. The zero-order valence-electron chi connectivity index (χ0n) is 59.3. The van der Waals surface area contributed by atoms with Crippen LogP contribution in [-0.2, 0) is 33.3 Å². The minimum absolute atomic E-state index is 0.129. The van der Waals surface area contributed by atoms with Gasteiger partial charge in [0.1, 0.15) is 13.2 Å². The van der Waals surface area contributed by atoms with Crippen LogP contribution in [0.4, 0.5) is 0 Å². The largest absolute Gasteiger partial charge is 0.545 e. The van der Waals surface area contributed by atoms with Crippen LogP contribution in [-0.4, -0.2) is 82.3 Å². The van der Waals surface area contributed by atoms with Crippen molar-refractivity contribution < 1.29 is 42.9 Å². The van der Waals surface area contributed by atoms with Gasteiger partial charge in [-0.05, 0) is 148 Å². The maximum absolute atomic E-state index is 12.9. The first-order valence-electron chi connectivity index (χ1n) is 36.2. The molecule has 0 rings (SSSR count). The second-order valence-electron chi connectivity index (χ2n) is 24.4. The number of likely N-dealkylation sites (N-methyl/N-ethyl adjacent to an activating group) is 1. The van der Waals surface area contributed by atoms with Crippen LogP contribution in [0.15, 0.2) is 207 Å². The molecular formula is C84H131NO8. The van der Waals surface area contributed by atoms with Crippen molar-refractivity contribution in [1.82, 2.24) is 0 Å². The third-order valence-corrected chi connectivity index (χ3v) is 14.5. The number of carboxylic acid groups (broad SMARTS) is 1. The number of nitrogens with zero attached hydrogens (tertiary/aromatic N) is 1. The number of carboxylic acids is 1. The summed E-state index contributed by atoms with van der Waals surface area (Å²) >= 11 is 0. The predicted octanol–water partition coefficient (Wildman–Crippen LogP) is 21.8. The molecule has 0 aromatic heterocycles. The van der Waals surface area contributed by atoms with Gasteiger partial charge in [-0.2, -0.15) is 0 Å². The molecule has 2 unspecified atom stereocenters. The van der Waals surface area contributed by atoms with Crippen LogP contribution < -0.4 is 5.11 Å². The number of ether oxygens (including phenoxy) is 4. The number of hydrogen-bond donors (Lipinski definition) is 0. The first-order chi connectivity index (χ1) is 45.6. The third kappa shape index (κ3) is 73.1. The highest BCUT2D eigenvalue weighted by molar-refractivity contribution is 5.70. The molecule has 0 amide bonds. The predicted molar refractivity (Wildman–Crippen MR) is 397 cm³/mol. The number of rotatable bonds is 64. The van der Waals surface area contributed by atoms with Crippen molar-refractivity contribution in [3.8, 4) is 0 Å². The second kappa shape index (κ2) is 71.7. The average molecular weight is 1280 g/mol. The first-order valence-corrected chi connectivity index (χ1v) is 36.2. The summed E-state index contributed by atoms with van der Waals surface area (Å²) in [5.74, 6) is -2.36. The number of aliphatic carboxylic acids is 1. The molecule has 9 heteroatoms. The van der Waals surface area contributed by atoms with Gasteiger partial charge in [0.25, 0.3) is 0 Å².